The van der Waals surface area contributed by atoms with E-state index in [1.54, 1.807) is 29.2 Å². The highest BCUT2D eigenvalue weighted by atomic mass is 79.9. The van der Waals surface area contributed by atoms with Gasteiger partial charge in [0.1, 0.15) is 5.82 Å². The van der Waals surface area contributed by atoms with Crippen molar-refractivity contribution >= 4 is 31.9 Å². The Morgan fingerprint density at radius 1 is 1.23 bits per heavy atom. The Hall–Kier alpha value is -1.81. The minimum atomic E-state index is -3.73. The third-order valence-electron chi connectivity index (χ3n) is 4.93. The standard InChI is InChI=1S/C21H24BrFN2O4S/c1-24(2)30(27,28)20-12-16(8-9-19(20)22)21(26)25(14-18-7-4-10-29-18)13-15-5-3-6-17(23)11-15/h3,5-6,8-9,11-12,18H,4,7,10,13-14H2,1-2H3. The predicted octanol–water partition coefficient (Wildman–Crippen LogP) is 3.66. The highest BCUT2D eigenvalue weighted by Crippen LogP contribution is 2.26. The summed E-state index contributed by atoms with van der Waals surface area (Å²) in [5, 5.41) is 0. The van der Waals surface area contributed by atoms with Gasteiger partial charge >= 0.3 is 0 Å². The van der Waals surface area contributed by atoms with E-state index in [-0.39, 0.29) is 34.8 Å². The van der Waals surface area contributed by atoms with E-state index >= 15 is 0 Å². The zero-order chi connectivity index (χ0) is 21.9. The number of rotatable bonds is 7. The van der Waals surface area contributed by atoms with Crippen LogP contribution in [0.25, 0.3) is 0 Å². The summed E-state index contributed by atoms with van der Waals surface area (Å²) in [6, 6.07) is 10.6. The molecule has 0 bridgehead atoms. The average Bonchev–Trinajstić information content (AvgIpc) is 3.20. The molecule has 1 aliphatic heterocycles. The van der Waals surface area contributed by atoms with Gasteiger partial charge in [-0.2, -0.15) is 0 Å². The van der Waals surface area contributed by atoms with Crippen molar-refractivity contribution < 1.29 is 22.3 Å². The molecular formula is C21H24BrFN2O4S. The molecule has 1 saturated heterocycles. The molecule has 0 spiro atoms. The van der Waals surface area contributed by atoms with Crippen LogP contribution >= 0.6 is 15.9 Å². The van der Waals surface area contributed by atoms with Crippen molar-refractivity contribution in [2.24, 2.45) is 0 Å². The van der Waals surface area contributed by atoms with E-state index in [1.165, 1.54) is 32.3 Å². The number of benzene rings is 2. The first-order valence-corrected chi connectivity index (χ1v) is 11.8. The lowest BCUT2D eigenvalue weighted by Gasteiger charge is -2.26. The molecule has 30 heavy (non-hydrogen) atoms. The van der Waals surface area contributed by atoms with E-state index in [1.807, 2.05) is 0 Å². The van der Waals surface area contributed by atoms with Gasteiger partial charge in [0.05, 0.1) is 11.0 Å². The molecule has 0 aromatic heterocycles. The maximum absolute atomic E-state index is 13.6. The zero-order valence-electron chi connectivity index (χ0n) is 16.8. The Kier molecular flexibility index (Phi) is 7.28. The van der Waals surface area contributed by atoms with E-state index in [2.05, 4.69) is 15.9 Å². The van der Waals surface area contributed by atoms with Gasteiger partial charge < -0.3 is 9.64 Å². The van der Waals surface area contributed by atoms with Gasteiger partial charge in [-0.25, -0.2) is 17.1 Å². The monoisotopic (exact) mass is 498 g/mol. The number of hydrogen-bond donors (Lipinski definition) is 0. The fourth-order valence-corrected chi connectivity index (χ4v) is 5.17. The summed E-state index contributed by atoms with van der Waals surface area (Å²) in [7, 11) is -0.866. The van der Waals surface area contributed by atoms with Crippen LogP contribution in [0.15, 0.2) is 51.8 Å². The summed E-state index contributed by atoms with van der Waals surface area (Å²) in [4.78, 5) is 14.9. The summed E-state index contributed by atoms with van der Waals surface area (Å²) in [6.07, 6.45) is 1.67. The summed E-state index contributed by atoms with van der Waals surface area (Å²) < 4.78 is 46.0. The fourth-order valence-electron chi connectivity index (χ4n) is 3.32. The van der Waals surface area contributed by atoms with Crippen molar-refractivity contribution in [3.05, 3.63) is 63.9 Å². The molecule has 6 nitrogen and oxygen atoms in total. The summed E-state index contributed by atoms with van der Waals surface area (Å²) in [6.45, 7) is 1.19. The lowest BCUT2D eigenvalue weighted by Crippen LogP contribution is -2.37. The van der Waals surface area contributed by atoms with Crippen molar-refractivity contribution in [2.45, 2.75) is 30.4 Å². The first-order valence-electron chi connectivity index (χ1n) is 9.56. The van der Waals surface area contributed by atoms with Crippen molar-refractivity contribution in [1.29, 1.82) is 0 Å². The third-order valence-corrected chi connectivity index (χ3v) is 7.74. The van der Waals surface area contributed by atoms with E-state index in [0.29, 0.717) is 23.2 Å². The second kappa shape index (κ2) is 9.55. The van der Waals surface area contributed by atoms with Crippen LogP contribution in [-0.2, 0) is 21.3 Å². The van der Waals surface area contributed by atoms with Crippen LogP contribution < -0.4 is 0 Å². The van der Waals surface area contributed by atoms with Gasteiger partial charge in [-0.3, -0.25) is 4.79 Å². The van der Waals surface area contributed by atoms with Crippen LogP contribution in [0.1, 0.15) is 28.8 Å². The normalized spacial score (nSPS) is 16.8. The lowest BCUT2D eigenvalue weighted by atomic mass is 10.1. The number of carbonyl (C=O) groups excluding carboxylic acids is 1. The molecule has 1 unspecified atom stereocenters. The highest BCUT2D eigenvalue weighted by molar-refractivity contribution is 9.10. The molecule has 1 atom stereocenters. The minimum Gasteiger partial charge on any atom is -0.376 e. The lowest BCUT2D eigenvalue weighted by molar-refractivity contribution is 0.0507. The number of sulfonamides is 1. The molecule has 0 radical (unpaired) electrons. The van der Waals surface area contributed by atoms with Crippen LogP contribution in [-0.4, -0.2) is 56.9 Å². The second-order valence-corrected chi connectivity index (χ2v) is 10.4. The third kappa shape index (κ3) is 5.26. The van der Waals surface area contributed by atoms with E-state index < -0.39 is 10.0 Å². The van der Waals surface area contributed by atoms with Gasteiger partial charge in [0.25, 0.3) is 5.91 Å². The number of ether oxygens (including phenoxy) is 1. The molecular weight excluding hydrogens is 475 g/mol. The Morgan fingerprint density at radius 2 is 2.00 bits per heavy atom. The summed E-state index contributed by atoms with van der Waals surface area (Å²) >= 11 is 3.26. The second-order valence-electron chi connectivity index (χ2n) is 7.38. The minimum absolute atomic E-state index is 0.0150. The van der Waals surface area contributed by atoms with Crippen molar-refractivity contribution in [2.75, 3.05) is 27.2 Å². The molecule has 9 heteroatoms. The molecule has 2 aromatic rings. The quantitative estimate of drug-likeness (QED) is 0.584. The maximum atomic E-state index is 13.6. The van der Waals surface area contributed by atoms with Crippen molar-refractivity contribution in [3.8, 4) is 0 Å². The Morgan fingerprint density at radius 3 is 2.63 bits per heavy atom. The smallest absolute Gasteiger partial charge is 0.254 e. The van der Waals surface area contributed by atoms with Gasteiger partial charge in [0, 0.05) is 43.8 Å². The van der Waals surface area contributed by atoms with Crippen LogP contribution in [0.2, 0.25) is 0 Å². The Bertz CT molecular complexity index is 1020. The Labute approximate surface area is 184 Å². The molecule has 1 fully saturated rings. The number of amides is 1. The SMILES string of the molecule is CN(C)S(=O)(=O)c1cc(C(=O)N(Cc2cccc(F)c2)CC2CCCO2)ccc1Br. The van der Waals surface area contributed by atoms with E-state index in [4.69, 9.17) is 4.74 Å². The summed E-state index contributed by atoms with van der Waals surface area (Å²) in [5.74, 6) is -0.711. The van der Waals surface area contributed by atoms with Crippen molar-refractivity contribution in [1.82, 2.24) is 9.21 Å². The fraction of sp³-hybridized carbons (Fsp3) is 0.381. The molecule has 0 aliphatic carbocycles. The number of carbonyl (C=O) groups is 1. The van der Waals surface area contributed by atoms with Gasteiger partial charge in [0.15, 0.2) is 0 Å². The van der Waals surface area contributed by atoms with Crippen molar-refractivity contribution in [3.63, 3.8) is 0 Å². The molecule has 1 amide bonds. The topological polar surface area (TPSA) is 66.9 Å². The van der Waals surface area contributed by atoms with Gasteiger partial charge in [-0.05, 0) is 64.7 Å². The van der Waals surface area contributed by atoms with Crippen LogP contribution in [0.5, 0.6) is 0 Å². The van der Waals surface area contributed by atoms with E-state index in [0.717, 1.165) is 17.1 Å². The molecule has 1 heterocycles. The largest absolute Gasteiger partial charge is 0.376 e. The maximum Gasteiger partial charge on any atom is 0.254 e. The van der Waals surface area contributed by atoms with Gasteiger partial charge in [-0.1, -0.05) is 12.1 Å². The molecule has 3 rings (SSSR count). The molecule has 2 aromatic carbocycles. The van der Waals surface area contributed by atoms with Crippen LogP contribution in [0, 0.1) is 5.82 Å². The molecule has 1 aliphatic rings. The molecule has 0 N–H and O–H groups in total. The molecule has 162 valence electrons. The van der Waals surface area contributed by atoms with Crippen LogP contribution in [0.4, 0.5) is 4.39 Å². The number of halogens is 2. The average molecular weight is 499 g/mol. The summed E-state index contributed by atoms with van der Waals surface area (Å²) in [5.41, 5.74) is 0.896. The number of hydrogen-bond acceptors (Lipinski definition) is 4. The number of nitrogens with zero attached hydrogens (tertiary/aromatic N) is 2. The first kappa shape index (κ1) is 22.9. The zero-order valence-corrected chi connectivity index (χ0v) is 19.2. The van der Waals surface area contributed by atoms with Gasteiger partial charge in [-0.15, -0.1) is 0 Å². The first-order chi connectivity index (χ1) is 14.2. The molecule has 0 saturated carbocycles. The van der Waals surface area contributed by atoms with E-state index in [9.17, 15) is 17.6 Å². The van der Waals surface area contributed by atoms with Crippen LogP contribution in [0.3, 0.4) is 0 Å². The Balaban J connectivity index is 1.93. The predicted molar refractivity (Wildman–Crippen MR) is 115 cm³/mol. The highest BCUT2D eigenvalue weighted by Gasteiger charge is 2.26. The van der Waals surface area contributed by atoms with Gasteiger partial charge in [0.2, 0.25) is 10.0 Å².